The van der Waals surface area contributed by atoms with E-state index in [9.17, 15) is 9.59 Å². The fourth-order valence-corrected chi connectivity index (χ4v) is 2.55. The molecule has 0 bridgehead atoms. The van der Waals surface area contributed by atoms with Crippen molar-refractivity contribution in [1.29, 1.82) is 0 Å². The third-order valence-electron chi connectivity index (χ3n) is 3.55. The van der Waals surface area contributed by atoms with Gasteiger partial charge in [0.15, 0.2) is 0 Å². The largest absolute Gasteiger partial charge is 0.481 e. The fraction of sp³-hybridized carbons (Fsp3) is 0.846. The summed E-state index contributed by atoms with van der Waals surface area (Å²) in [6.45, 7) is 6.47. The average molecular weight is 256 g/mol. The number of rotatable bonds is 4. The number of carbonyl (C=O) groups excluding carboxylic acids is 1. The van der Waals surface area contributed by atoms with Crippen LogP contribution in [0.15, 0.2) is 0 Å². The van der Waals surface area contributed by atoms with Crippen molar-refractivity contribution in [1.82, 2.24) is 4.90 Å². The molecular formula is C13H24N2O3. The Morgan fingerprint density at radius 2 is 2.06 bits per heavy atom. The van der Waals surface area contributed by atoms with Gasteiger partial charge in [-0.25, -0.2) is 0 Å². The van der Waals surface area contributed by atoms with E-state index in [0.29, 0.717) is 31.7 Å². The van der Waals surface area contributed by atoms with Gasteiger partial charge in [0.05, 0.1) is 12.0 Å². The van der Waals surface area contributed by atoms with Gasteiger partial charge >= 0.3 is 5.97 Å². The molecule has 5 nitrogen and oxygen atoms in total. The summed E-state index contributed by atoms with van der Waals surface area (Å²) in [6, 6.07) is -0.501. The van der Waals surface area contributed by atoms with Gasteiger partial charge in [0.1, 0.15) is 0 Å². The third kappa shape index (κ3) is 3.70. The SMILES string of the molecule is CC(C)C[C@@H](N)C(=O)N1CCC(C(=O)O)CC1C. The smallest absolute Gasteiger partial charge is 0.306 e. The summed E-state index contributed by atoms with van der Waals surface area (Å²) in [5, 5.41) is 8.98. The number of amides is 1. The molecule has 3 atom stereocenters. The minimum absolute atomic E-state index is 0.0365. The predicted octanol–water partition coefficient (Wildman–Crippen LogP) is 1.07. The highest BCUT2D eigenvalue weighted by Crippen LogP contribution is 2.24. The van der Waals surface area contributed by atoms with Gasteiger partial charge in [-0.2, -0.15) is 0 Å². The Kier molecular flexibility index (Phi) is 5.14. The van der Waals surface area contributed by atoms with Gasteiger partial charge in [0.2, 0.25) is 5.91 Å². The first-order chi connectivity index (χ1) is 8.32. The predicted molar refractivity (Wildman–Crippen MR) is 69.0 cm³/mol. The fourth-order valence-electron chi connectivity index (χ4n) is 2.55. The van der Waals surface area contributed by atoms with Gasteiger partial charge in [-0.15, -0.1) is 0 Å². The maximum Gasteiger partial charge on any atom is 0.306 e. The highest BCUT2D eigenvalue weighted by atomic mass is 16.4. The van der Waals surface area contributed by atoms with Crippen molar-refractivity contribution in [3.8, 4) is 0 Å². The van der Waals surface area contributed by atoms with E-state index in [1.54, 1.807) is 4.90 Å². The molecule has 1 aliphatic heterocycles. The summed E-state index contributed by atoms with van der Waals surface area (Å²) < 4.78 is 0. The number of hydrogen-bond donors (Lipinski definition) is 2. The molecule has 0 spiro atoms. The summed E-state index contributed by atoms with van der Waals surface area (Å²) >= 11 is 0. The zero-order valence-electron chi connectivity index (χ0n) is 11.4. The average Bonchev–Trinajstić information content (AvgIpc) is 2.26. The number of carbonyl (C=O) groups is 2. The van der Waals surface area contributed by atoms with E-state index in [-0.39, 0.29) is 17.9 Å². The van der Waals surface area contributed by atoms with E-state index < -0.39 is 12.0 Å². The van der Waals surface area contributed by atoms with E-state index in [2.05, 4.69) is 0 Å². The molecule has 0 aromatic carbocycles. The van der Waals surface area contributed by atoms with Gasteiger partial charge in [0, 0.05) is 12.6 Å². The lowest BCUT2D eigenvalue weighted by Gasteiger charge is -2.37. The third-order valence-corrected chi connectivity index (χ3v) is 3.55. The summed E-state index contributed by atoms with van der Waals surface area (Å²) in [6.07, 6.45) is 1.72. The monoisotopic (exact) mass is 256 g/mol. The Labute approximate surface area is 108 Å². The van der Waals surface area contributed by atoms with Gasteiger partial charge < -0.3 is 15.7 Å². The minimum atomic E-state index is -0.763. The molecular weight excluding hydrogens is 232 g/mol. The second-order valence-corrected chi connectivity index (χ2v) is 5.68. The number of carboxylic acids is 1. The van der Waals surface area contributed by atoms with Crippen LogP contribution in [0.3, 0.4) is 0 Å². The molecule has 1 fully saturated rings. The van der Waals surface area contributed by atoms with Crippen molar-refractivity contribution in [2.24, 2.45) is 17.6 Å². The molecule has 0 radical (unpaired) electrons. The van der Waals surface area contributed by atoms with Crippen LogP contribution in [0.25, 0.3) is 0 Å². The van der Waals surface area contributed by atoms with E-state index in [1.165, 1.54) is 0 Å². The van der Waals surface area contributed by atoms with Crippen molar-refractivity contribution >= 4 is 11.9 Å². The molecule has 0 aliphatic carbocycles. The first kappa shape index (κ1) is 15.0. The highest BCUT2D eigenvalue weighted by Gasteiger charge is 2.33. The lowest BCUT2D eigenvalue weighted by Crippen LogP contribution is -2.52. The normalized spacial score (nSPS) is 26.2. The topological polar surface area (TPSA) is 83.6 Å². The molecule has 0 aromatic heterocycles. The Hall–Kier alpha value is -1.10. The highest BCUT2D eigenvalue weighted by molar-refractivity contribution is 5.82. The maximum absolute atomic E-state index is 12.2. The number of nitrogens with two attached hydrogens (primary N) is 1. The first-order valence-electron chi connectivity index (χ1n) is 6.61. The molecule has 18 heavy (non-hydrogen) atoms. The van der Waals surface area contributed by atoms with Crippen LogP contribution in [-0.4, -0.2) is 40.5 Å². The van der Waals surface area contributed by atoms with Gasteiger partial charge in [-0.1, -0.05) is 13.8 Å². The van der Waals surface area contributed by atoms with Crippen LogP contribution in [0.2, 0.25) is 0 Å². The molecule has 1 saturated heterocycles. The van der Waals surface area contributed by atoms with Crippen molar-refractivity contribution in [2.75, 3.05) is 6.54 Å². The lowest BCUT2D eigenvalue weighted by molar-refractivity contribution is -0.148. The summed E-state index contributed by atoms with van der Waals surface area (Å²) in [5.41, 5.74) is 5.90. The zero-order valence-corrected chi connectivity index (χ0v) is 11.4. The number of hydrogen-bond acceptors (Lipinski definition) is 3. The molecule has 0 saturated carbocycles. The van der Waals surface area contributed by atoms with Crippen molar-refractivity contribution in [3.05, 3.63) is 0 Å². The molecule has 0 aromatic rings. The van der Waals surface area contributed by atoms with Crippen molar-refractivity contribution < 1.29 is 14.7 Å². The van der Waals surface area contributed by atoms with Crippen LogP contribution < -0.4 is 5.73 Å². The summed E-state index contributed by atoms with van der Waals surface area (Å²) in [5.74, 6) is -0.748. The number of likely N-dealkylation sites (tertiary alicyclic amines) is 1. The number of piperidine rings is 1. The van der Waals surface area contributed by atoms with Crippen LogP contribution >= 0.6 is 0 Å². The van der Waals surface area contributed by atoms with Gasteiger partial charge in [0.25, 0.3) is 0 Å². The van der Waals surface area contributed by atoms with Crippen molar-refractivity contribution in [2.45, 2.75) is 52.1 Å². The Bertz CT molecular complexity index is 317. The second-order valence-electron chi connectivity index (χ2n) is 5.68. The van der Waals surface area contributed by atoms with Crippen LogP contribution in [0.5, 0.6) is 0 Å². The molecule has 104 valence electrons. The van der Waals surface area contributed by atoms with Crippen LogP contribution in [0, 0.1) is 11.8 Å². The molecule has 1 amide bonds. The summed E-state index contributed by atoms with van der Waals surface area (Å²) in [7, 11) is 0. The van der Waals surface area contributed by atoms with Crippen molar-refractivity contribution in [3.63, 3.8) is 0 Å². The molecule has 5 heteroatoms. The number of nitrogens with zero attached hydrogens (tertiary/aromatic N) is 1. The second kappa shape index (κ2) is 6.18. The van der Waals surface area contributed by atoms with E-state index in [1.807, 2.05) is 20.8 Å². The van der Waals surface area contributed by atoms with E-state index in [0.717, 1.165) is 0 Å². The first-order valence-corrected chi connectivity index (χ1v) is 6.61. The zero-order chi connectivity index (χ0) is 13.9. The minimum Gasteiger partial charge on any atom is -0.481 e. The van der Waals surface area contributed by atoms with E-state index >= 15 is 0 Å². The lowest BCUT2D eigenvalue weighted by atomic mass is 9.91. The molecule has 3 N–H and O–H groups in total. The Balaban J connectivity index is 2.58. The molecule has 2 unspecified atom stereocenters. The van der Waals surface area contributed by atoms with Gasteiger partial charge in [-0.05, 0) is 32.1 Å². The van der Waals surface area contributed by atoms with E-state index in [4.69, 9.17) is 10.8 Å². The molecule has 1 rings (SSSR count). The quantitative estimate of drug-likeness (QED) is 0.788. The standard InChI is InChI=1S/C13H24N2O3/c1-8(2)6-11(14)12(16)15-5-4-10(13(17)18)7-9(15)3/h8-11H,4-7,14H2,1-3H3,(H,17,18)/t9?,10?,11-/m1/s1. The molecule has 1 heterocycles. The van der Waals surface area contributed by atoms with Gasteiger partial charge in [-0.3, -0.25) is 9.59 Å². The Morgan fingerprint density at radius 3 is 2.50 bits per heavy atom. The summed E-state index contributed by atoms with van der Waals surface area (Å²) in [4.78, 5) is 24.8. The Morgan fingerprint density at radius 1 is 1.44 bits per heavy atom. The van der Waals surface area contributed by atoms with Crippen LogP contribution in [0.4, 0.5) is 0 Å². The number of carboxylic acid groups (broad SMARTS) is 1. The van der Waals surface area contributed by atoms with Crippen LogP contribution in [-0.2, 0) is 9.59 Å². The molecule has 1 aliphatic rings. The number of aliphatic carboxylic acids is 1. The van der Waals surface area contributed by atoms with Crippen LogP contribution in [0.1, 0.15) is 40.0 Å². The maximum atomic E-state index is 12.2.